The molecule has 0 spiro atoms. The van der Waals surface area contributed by atoms with Crippen LogP contribution < -0.4 is 9.62 Å². The topological polar surface area (TPSA) is 86.8 Å². The molecule has 0 radical (unpaired) electrons. The summed E-state index contributed by atoms with van der Waals surface area (Å²) in [5.41, 5.74) is 2.49. The number of aryl methyl sites for hydroxylation is 1. The summed E-state index contributed by atoms with van der Waals surface area (Å²) < 4.78 is 25.9. The minimum Gasteiger partial charge on any atom is -0.354 e. The zero-order chi connectivity index (χ0) is 25.3. The number of halogens is 1. The van der Waals surface area contributed by atoms with Crippen LogP contribution >= 0.6 is 11.6 Å². The van der Waals surface area contributed by atoms with Crippen LogP contribution in [0.2, 0.25) is 5.02 Å². The maximum absolute atomic E-state index is 13.2. The van der Waals surface area contributed by atoms with Gasteiger partial charge < -0.3 is 10.2 Å². The standard InChI is InChI=1S/C25H34ClN3O4S/c1-5-15-27-25(31)20(3)28(18-21-9-6-8-19(2)17-21)24(30)10-7-16-29(34(4,32)33)23-13-11-22(26)12-14-23/h6,8-9,11-14,17,20H,5,7,10,15-16,18H2,1-4H3,(H,27,31)/t20-/m1/s1. The van der Waals surface area contributed by atoms with Gasteiger partial charge in [-0.05, 0) is 56.5 Å². The van der Waals surface area contributed by atoms with Crippen molar-refractivity contribution in [2.45, 2.75) is 52.6 Å². The van der Waals surface area contributed by atoms with E-state index in [2.05, 4.69) is 5.32 Å². The normalized spacial score (nSPS) is 12.1. The summed E-state index contributed by atoms with van der Waals surface area (Å²) in [6.45, 7) is 6.64. The molecular formula is C25H34ClN3O4S. The van der Waals surface area contributed by atoms with Crippen LogP contribution in [0, 0.1) is 6.92 Å². The molecule has 7 nitrogen and oxygen atoms in total. The molecule has 0 aromatic heterocycles. The first-order chi connectivity index (χ1) is 16.0. The van der Waals surface area contributed by atoms with Gasteiger partial charge in [-0.25, -0.2) is 8.42 Å². The predicted molar refractivity (Wildman–Crippen MR) is 137 cm³/mol. The molecule has 0 bridgehead atoms. The van der Waals surface area contributed by atoms with E-state index in [-0.39, 0.29) is 24.8 Å². The van der Waals surface area contributed by atoms with E-state index in [0.29, 0.717) is 30.2 Å². The lowest BCUT2D eigenvalue weighted by molar-refractivity contribution is -0.140. The van der Waals surface area contributed by atoms with E-state index in [1.165, 1.54) is 4.31 Å². The fourth-order valence-corrected chi connectivity index (χ4v) is 4.69. The quantitative estimate of drug-likeness (QED) is 0.467. The van der Waals surface area contributed by atoms with Crippen LogP contribution in [0.1, 0.15) is 44.2 Å². The van der Waals surface area contributed by atoms with Crippen molar-refractivity contribution in [3.05, 3.63) is 64.7 Å². The Kier molecular flexibility index (Phi) is 10.4. The van der Waals surface area contributed by atoms with Crippen LogP contribution in [0.25, 0.3) is 0 Å². The van der Waals surface area contributed by atoms with Crippen molar-refractivity contribution in [3.63, 3.8) is 0 Å². The first kappa shape index (κ1) is 27.7. The molecule has 0 aliphatic rings. The van der Waals surface area contributed by atoms with Gasteiger partial charge in [0.2, 0.25) is 21.8 Å². The van der Waals surface area contributed by atoms with Crippen LogP contribution in [-0.4, -0.2) is 50.5 Å². The highest BCUT2D eigenvalue weighted by atomic mass is 35.5. The molecule has 2 amide bonds. The molecule has 0 unspecified atom stereocenters. The molecule has 2 rings (SSSR count). The molecule has 1 atom stereocenters. The predicted octanol–water partition coefficient (Wildman–Crippen LogP) is 4.14. The molecular weight excluding hydrogens is 474 g/mol. The number of nitrogens with one attached hydrogen (secondary N) is 1. The Bertz CT molecular complexity index is 1070. The second kappa shape index (κ2) is 12.8. The lowest BCUT2D eigenvalue weighted by atomic mass is 10.1. The third-order valence-electron chi connectivity index (χ3n) is 5.42. The Labute approximate surface area is 208 Å². The highest BCUT2D eigenvalue weighted by Gasteiger charge is 2.26. The number of rotatable bonds is 12. The van der Waals surface area contributed by atoms with E-state index in [1.807, 2.05) is 38.1 Å². The van der Waals surface area contributed by atoms with E-state index < -0.39 is 16.1 Å². The molecule has 2 aromatic rings. The minimum absolute atomic E-state index is 0.108. The number of hydrogen-bond acceptors (Lipinski definition) is 4. The third kappa shape index (κ3) is 8.33. The van der Waals surface area contributed by atoms with Crippen molar-refractivity contribution < 1.29 is 18.0 Å². The van der Waals surface area contributed by atoms with Gasteiger partial charge in [-0.3, -0.25) is 13.9 Å². The molecule has 2 aromatic carbocycles. The van der Waals surface area contributed by atoms with Gasteiger partial charge in [0.15, 0.2) is 0 Å². The van der Waals surface area contributed by atoms with E-state index in [1.54, 1.807) is 36.1 Å². The van der Waals surface area contributed by atoms with Crippen LogP contribution in [0.4, 0.5) is 5.69 Å². The first-order valence-corrected chi connectivity index (χ1v) is 13.6. The highest BCUT2D eigenvalue weighted by Crippen LogP contribution is 2.21. The van der Waals surface area contributed by atoms with Crippen LogP contribution in [0.15, 0.2) is 48.5 Å². The Balaban J connectivity index is 2.14. The number of hydrogen-bond donors (Lipinski definition) is 1. The summed E-state index contributed by atoms with van der Waals surface area (Å²) in [6.07, 6.45) is 2.35. The zero-order valence-corrected chi connectivity index (χ0v) is 21.8. The number of benzene rings is 2. The van der Waals surface area contributed by atoms with Gasteiger partial charge in [0.1, 0.15) is 6.04 Å². The largest absolute Gasteiger partial charge is 0.354 e. The van der Waals surface area contributed by atoms with E-state index in [4.69, 9.17) is 11.6 Å². The molecule has 0 heterocycles. The van der Waals surface area contributed by atoms with Crippen LogP contribution in [-0.2, 0) is 26.2 Å². The molecule has 0 aliphatic carbocycles. The zero-order valence-electron chi connectivity index (χ0n) is 20.3. The van der Waals surface area contributed by atoms with Gasteiger partial charge in [0.05, 0.1) is 11.9 Å². The lowest BCUT2D eigenvalue weighted by Crippen LogP contribution is -2.47. The van der Waals surface area contributed by atoms with Gasteiger partial charge in [-0.1, -0.05) is 48.4 Å². The third-order valence-corrected chi connectivity index (χ3v) is 6.86. The SMILES string of the molecule is CCCNC(=O)[C@@H](C)N(Cc1cccc(C)c1)C(=O)CCCN(c1ccc(Cl)cc1)S(C)(=O)=O. The van der Waals surface area contributed by atoms with E-state index in [9.17, 15) is 18.0 Å². The van der Waals surface area contributed by atoms with Crippen molar-refractivity contribution in [1.82, 2.24) is 10.2 Å². The number of anilines is 1. The van der Waals surface area contributed by atoms with Crippen molar-refractivity contribution in [3.8, 4) is 0 Å². The Morgan fingerprint density at radius 3 is 2.38 bits per heavy atom. The molecule has 34 heavy (non-hydrogen) atoms. The van der Waals surface area contributed by atoms with Crippen LogP contribution in [0.5, 0.6) is 0 Å². The monoisotopic (exact) mass is 507 g/mol. The van der Waals surface area contributed by atoms with Gasteiger partial charge in [0, 0.05) is 31.1 Å². The Hall–Kier alpha value is -2.58. The summed E-state index contributed by atoms with van der Waals surface area (Å²) in [5, 5.41) is 3.36. The number of carbonyl (C=O) groups excluding carboxylic acids is 2. The number of amides is 2. The summed E-state index contributed by atoms with van der Waals surface area (Å²) in [7, 11) is -3.54. The van der Waals surface area contributed by atoms with Gasteiger partial charge >= 0.3 is 0 Å². The summed E-state index contributed by atoms with van der Waals surface area (Å²) in [5.74, 6) is -0.410. The van der Waals surface area contributed by atoms with E-state index in [0.717, 1.165) is 23.8 Å². The molecule has 186 valence electrons. The fraction of sp³-hybridized carbons (Fsp3) is 0.440. The second-order valence-electron chi connectivity index (χ2n) is 8.39. The molecule has 0 aliphatic heterocycles. The van der Waals surface area contributed by atoms with Crippen molar-refractivity contribution in [1.29, 1.82) is 0 Å². The van der Waals surface area contributed by atoms with E-state index >= 15 is 0 Å². The fourth-order valence-electron chi connectivity index (χ4n) is 3.60. The Morgan fingerprint density at radius 1 is 1.12 bits per heavy atom. The van der Waals surface area contributed by atoms with Crippen LogP contribution in [0.3, 0.4) is 0 Å². The summed E-state index contributed by atoms with van der Waals surface area (Å²) >= 11 is 5.92. The first-order valence-electron chi connectivity index (χ1n) is 11.4. The molecule has 0 saturated carbocycles. The van der Waals surface area contributed by atoms with Gasteiger partial charge in [0.25, 0.3) is 0 Å². The van der Waals surface area contributed by atoms with Gasteiger partial charge in [-0.15, -0.1) is 0 Å². The highest BCUT2D eigenvalue weighted by molar-refractivity contribution is 7.92. The van der Waals surface area contributed by atoms with Crippen molar-refractivity contribution in [2.24, 2.45) is 0 Å². The van der Waals surface area contributed by atoms with Gasteiger partial charge in [-0.2, -0.15) is 0 Å². The number of carbonyl (C=O) groups is 2. The summed E-state index contributed by atoms with van der Waals surface area (Å²) in [6, 6.07) is 13.7. The number of sulfonamides is 1. The smallest absolute Gasteiger partial charge is 0.242 e. The lowest BCUT2D eigenvalue weighted by Gasteiger charge is -2.29. The minimum atomic E-state index is -3.54. The Morgan fingerprint density at radius 2 is 1.79 bits per heavy atom. The molecule has 0 saturated heterocycles. The molecule has 0 fully saturated rings. The molecule has 9 heteroatoms. The van der Waals surface area contributed by atoms with Crippen molar-refractivity contribution >= 4 is 39.1 Å². The molecule has 1 N–H and O–H groups in total. The maximum Gasteiger partial charge on any atom is 0.242 e. The average molecular weight is 508 g/mol. The number of nitrogens with zero attached hydrogens (tertiary/aromatic N) is 2. The average Bonchev–Trinajstić information content (AvgIpc) is 2.78. The van der Waals surface area contributed by atoms with Crippen molar-refractivity contribution in [2.75, 3.05) is 23.7 Å². The summed E-state index contributed by atoms with van der Waals surface area (Å²) in [4.78, 5) is 27.4. The second-order valence-corrected chi connectivity index (χ2v) is 10.7. The maximum atomic E-state index is 13.2.